The van der Waals surface area contributed by atoms with Gasteiger partial charge in [-0.25, -0.2) is 0 Å². The fourth-order valence-corrected chi connectivity index (χ4v) is 1.56. The summed E-state index contributed by atoms with van der Waals surface area (Å²) < 4.78 is 9.51. The van der Waals surface area contributed by atoms with Crippen molar-refractivity contribution in [1.29, 1.82) is 0 Å². The van der Waals surface area contributed by atoms with Crippen LogP contribution in [0.3, 0.4) is 0 Å². The third kappa shape index (κ3) is 11.4. The van der Waals surface area contributed by atoms with Crippen molar-refractivity contribution in [3.8, 4) is 0 Å². The van der Waals surface area contributed by atoms with Gasteiger partial charge in [0, 0.05) is 12.8 Å². The lowest BCUT2D eigenvalue weighted by molar-refractivity contribution is -0.143. The van der Waals surface area contributed by atoms with Crippen LogP contribution < -0.4 is 0 Å². The summed E-state index contributed by atoms with van der Waals surface area (Å²) in [6.45, 7) is 5.09. The van der Waals surface area contributed by atoms with E-state index in [1.807, 2.05) is 6.92 Å². The summed E-state index contributed by atoms with van der Waals surface area (Å²) in [6, 6.07) is 0. The van der Waals surface area contributed by atoms with Gasteiger partial charge in [0.25, 0.3) is 0 Å². The zero-order valence-corrected chi connectivity index (χ0v) is 11.7. The Morgan fingerprint density at radius 1 is 1.22 bits per heavy atom. The first kappa shape index (κ1) is 16.9. The van der Waals surface area contributed by atoms with E-state index in [0.717, 1.165) is 38.5 Å². The topological polar surface area (TPSA) is 52.6 Å². The molecule has 0 radical (unpaired) electrons. The fraction of sp³-hybridized carbons (Fsp3) is 0.857. The summed E-state index contributed by atoms with van der Waals surface area (Å²) in [4.78, 5) is 21.2. The number of cyclic esters (lactones) is 1. The van der Waals surface area contributed by atoms with Gasteiger partial charge in [-0.15, -0.1) is 0 Å². The zero-order valence-electron chi connectivity index (χ0n) is 11.7. The second-order valence-corrected chi connectivity index (χ2v) is 4.29. The van der Waals surface area contributed by atoms with E-state index < -0.39 is 0 Å². The summed E-state index contributed by atoms with van der Waals surface area (Å²) in [5, 5.41) is 0. The molecule has 0 aliphatic carbocycles. The van der Waals surface area contributed by atoms with Crippen LogP contribution in [0.15, 0.2) is 0 Å². The lowest BCUT2D eigenvalue weighted by Gasteiger charge is -1.99. The highest BCUT2D eigenvalue weighted by atomic mass is 16.5. The second-order valence-electron chi connectivity index (χ2n) is 4.29. The number of unbranched alkanes of at least 4 members (excludes halogenated alkanes) is 2. The van der Waals surface area contributed by atoms with Crippen molar-refractivity contribution in [2.24, 2.45) is 0 Å². The molecule has 0 aromatic rings. The molecule has 1 aliphatic heterocycles. The van der Waals surface area contributed by atoms with Crippen LogP contribution in [0.1, 0.15) is 65.2 Å². The van der Waals surface area contributed by atoms with Crippen molar-refractivity contribution < 1.29 is 19.1 Å². The molecule has 1 saturated heterocycles. The van der Waals surface area contributed by atoms with E-state index in [1.54, 1.807) is 0 Å². The van der Waals surface area contributed by atoms with Crippen LogP contribution in [0.4, 0.5) is 0 Å². The molecule has 0 unspecified atom stereocenters. The standard InChI is InChI=1S/C8H16O2.C6H10O2/c1-3-5-6-7-8(9)10-4-2;7-6-4-2-1-3-5-8-6/h3-7H2,1-2H3;1-5H2. The van der Waals surface area contributed by atoms with Gasteiger partial charge in [-0.05, 0) is 32.6 Å². The Bertz CT molecular complexity index is 216. The third-order valence-electron chi connectivity index (χ3n) is 2.58. The maximum atomic E-state index is 10.7. The SMILES string of the molecule is CCCCCC(=O)OCC.O=C1CCCCCO1. The summed E-state index contributed by atoms with van der Waals surface area (Å²) in [7, 11) is 0. The number of hydrogen-bond donors (Lipinski definition) is 0. The first-order valence-corrected chi connectivity index (χ1v) is 7.02. The van der Waals surface area contributed by atoms with Crippen molar-refractivity contribution in [2.45, 2.75) is 65.2 Å². The summed E-state index contributed by atoms with van der Waals surface area (Å²) in [5.74, 6) is -0.0848. The molecule has 0 saturated carbocycles. The van der Waals surface area contributed by atoms with Crippen LogP contribution in [0, 0.1) is 0 Å². The molecule has 0 bridgehead atoms. The average Bonchev–Trinajstić information content (AvgIpc) is 2.58. The van der Waals surface area contributed by atoms with Gasteiger partial charge in [0.2, 0.25) is 0 Å². The molecule has 1 rings (SSSR count). The smallest absolute Gasteiger partial charge is 0.305 e. The number of esters is 2. The molecule has 1 fully saturated rings. The minimum absolute atomic E-state index is 0.0255. The molecular weight excluding hydrogens is 232 g/mol. The summed E-state index contributed by atoms with van der Waals surface area (Å²) >= 11 is 0. The van der Waals surface area contributed by atoms with Crippen LogP contribution in [0.5, 0.6) is 0 Å². The number of ether oxygens (including phenoxy) is 2. The van der Waals surface area contributed by atoms with E-state index in [9.17, 15) is 9.59 Å². The predicted octanol–water partition coefficient (Wildman–Crippen LogP) is 3.23. The van der Waals surface area contributed by atoms with Gasteiger partial charge in [0.15, 0.2) is 0 Å². The molecule has 0 N–H and O–H groups in total. The van der Waals surface area contributed by atoms with Crippen molar-refractivity contribution in [3.05, 3.63) is 0 Å². The maximum Gasteiger partial charge on any atom is 0.305 e. The Morgan fingerprint density at radius 3 is 2.67 bits per heavy atom. The Kier molecular flexibility index (Phi) is 11.7. The van der Waals surface area contributed by atoms with Crippen LogP contribution in [-0.4, -0.2) is 25.2 Å². The molecule has 18 heavy (non-hydrogen) atoms. The number of carbonyl (C=O) groups is 2. The predicted molar refractivity (Wildman–Crippen MR) is 70.2 cm³/mol. The molecule has 0 atom stereocenters. The Balaban J connectivity index is 0.000000327. The summed E-state index contributed by atoms with van der Waals surface area (Å²) in [5.41, 5.74) is 0. The number of rotatable bonds is 5. The van der Waals surface area contributed by atoms with Crippen molar-refractivity contribution in [2.75, 3.05) is 13.2 Å². The highest BCUT2D eigenvalue weighted by Gasteiger charge is 2.05. The number of carbonyl (C=O) groups excluding carboxylic acids is 2. The van der Waals surface area contributed by atoms with Gasteiger partial charge >= 0.3 is 11.9 Å². The molecule has 1 heterocycles. The van der Waals surface area contributed by atoms with E-state index in [1.165, 1.54) is 0 Å². The zero-order chi connectivity index (χ0) is 13.6. The van der Waals surface area contributed by atoms with Crippen molar-refractivity contribution in [1.82, 2.24) is 0 Å². The molecule has 0 amide bonds. The Hall–Kier alpha value is -1.06. The lowest BCUT2D eigenvalue weighted by Crippen LogP contribution is -2.02. The van der Waals surface area contributed by atoms with Crippen LogP contribution >= 0.6 is 0 Å². The maximum absolute atomic E-state index is 10.7. The van der Waals surface area contributed by atoms with E-state index in [2.05, 4.69) is 6.92 Å². The Labute approximate surface area is 110 Å². The first-order valence-electron chi connectivity index (χ1n) is 7.02. The monoisotopic (exact) mass is 258 g/mol. The molecule has 4 nitrogen and oxygen atoms in total. The fourth-order valence-electron chi connectivity index (χ4n) is 1.56. The molecular formula is C14H26O4. The normalized spacial score (nSPS) is 14.9. The van der Waals surface area contributed by atoms with Crippen molar-refractivity contribution in [3.63, 3.8) is 0 Å². The van der Waals surface area contributed by atoms with Gasteiger partial charge in [-0.1, -0.05) is 19.8 Å². The molecule has 106 valence electrons. The van der Waals surface area contributed by atoms with Gasteiger partial charge in [-0.3, -0.25) is 9.59 Å². The largest absolute Gasteiger partial charge is 0.466 e. The molecule has 4 heteroatoms. The van der Waals surface area contributed by atoms with Crippen LogP contribution in [0.25, 0.3) is 0 Å². The minimum atomic E-state index is -0.0593. The van der Waals surface area contributed by atoms with Gasteiger partial charge < -0.3 is 9.47 Å². The number of hydrogen-bond acceptors (Lipinski definition) is 4. The lowest BCUT2D eigenvalue weighted by atomic mass is 10.2. The van der Waals surface area contributed by atoms with Gasteiger partial charge in [0.05, 0.1) is 13.2 Å². The average molecular weight is 258 g/mol. The van der Waals surface area contributed by atoms with E-state index in [-0.39, 0.29) is 11.9 Å². The molecule has 0 spiro atoms. The van der Waals surface area contributed by atoms with Crippen LogP contribution in [0.2, 0.25) is 0 Å². The van der Waals surface area contributed by atoms with E-state index >= 15 is 0 Å². The second kappa shape index (κ2) is 12.4. The van der Waals surface area contributed by atoms with Crippen LogP contribution in [-0.2, 0) is 19.1 Å². The van der Waals surface area contributed by atoms with Gasteiger partial charge in [0.1, 0.15) is 0 Å². The quantitative estimate of drug-likeness (QED) is 0.561. The molecule has 0 aromatic heterocycles. The van der Waals surface area contributed by atoms with E-state index in [0.29, 0.717) is 26.1 Å². The summed E-state index contributed by atoms with van der Waals surface area (Å²) in [6.07, 6.45) is 7.66. The van der Waals surface area contributed by atoms with E-state index in [4.69, 9.17) is 9.47 Å². The first-order chi connectivity index (χ1) is 8.70. The Morgan fingerprint density at radius 2 is 2.00 bits per heavy atom. The highest BCUT2D eigenvalue weighted by Crippen LogP contribution is 2.06. The molecule has 0 aromatic carbocycles. The van der Waals surface area contributed by atoms with Crippen molar-refractivity contribution >= 4 is 11.9 Å². The highest BCUT2D eigenvalue weighted by molar-refractivity contribution is 5.69. The molecule has 1 aliphatic rings. The third-order valence-corrected chi connectivity index (χ3v) is 2.58. The van der Waals surface area contributed by atoms with Gasteiger partial charge in [-0.2, -0.15) is 0 Å². The minimum Gasteiger partial charge on any atom is -0.466 e.